The van der Waals surface area contributed by atoms with Crippen molar-refractivity contribution < 1.29 is 23.8 Å². The number of nitrogens with zero attached hydrogens (tertiary/aromatic N) is 1. The molecule has 1 amide bonds. The first-order valence-electron chi connectivity index (χ1n) is 11.1. The molecule has 0 spiro atoms. The van der Waals surface area contributed by atoms with Crippen LogP contribution in [0.4, 0.5) is 15.8 Å². The Morgan fingerprint density at radius 3 is 2.43 bits per heavy atom. The quantitative estimate of drug-likeness (QED) is 0.399. The predicted octanol–water partition coefficient (Wildman–Crippen LogP) is 4.33. The second-order valence-corrected chi connectivity index (χ2v) is 8.46. The molecule has 3 aromatic carbocycles. The first-order chi connectivity index (χ1) is 16.8. The highest BCUT2D eigenvalue weighted by molar-refractivity contribution is 6.37. The SMILES string of the molecule is CN(C)CCOc1ccc(NC(=C2C(=O)Nc3cc(F)ccc32)c2ccc(CC(=O)O)cc2)cc1. The Bertz CT molecular complexity index is 1270. The van der Waals surface area contributed by atoms with Gasteiger partial charge in [0.1, 0.15) is 18.2 Å². The molecule has 0 fully saturated rings. The molecule has 1 heterocycles. The third-order valence-corrected chi connectivity index (χ3v) is 5.51. The molecule has 7 nitrogen and oxygen atoms in total. The van der Waals surface area contributed by atoms with Gasteiger partial charge in [-0.05, 0) is 67.7 Å². The summed E-state index contributed by atoms with van der Waals surface area (Å²) in [6.07, 6.45) is -0.0997. The highest BCUT2D eigenvalue weighted by Crippen LogP contribution is 2.38. The zero-order valence-electron chi connectivity index (χ0n) is 19.5. The molecule has 0 saturated heterocycles. The van der Waals surface area contributed by atoms with Crippen LogP contribution in [0.5, 0.6) is 5.75 Å². The molecule has 8 heteroatoms. The van der Waals surface area contributed by atoms with Gasteiger partial charge in [0.2, 0.25) is 0 Å². The van der Waals surface area contributed by atoms with Crippen LogP contribution < -0.4 is 15.4 Å². The van der Waals surface area contributed by atoms with Crippen LogP contribution >= 0.6 is 0 Å². The van der Waals surface area contributed by atoms with Crippen molar-refractivity contribution in [2.45, 2.75) is 6.42 Å². The monoisotopic (exact) mass is 475 g/mol. The Labute approximate surface area is 202 Å². The number of hydrogen-bond donors (Lipinski definition) is 3. The van der Waals surface area contributed by atoms with Crippen LogP contribution in [-0.4, -0.2) is 49.1 Å². The number of carbonyl (C=O) groups is 2. The van der Waals surface area contributed by atoms with Crippen molar-refractivity contribution in [1.82, 2.24) is 4.90 Å². The average molecular weight is 476 g/mol. The van der Waals surface area contributed by atoms with Crippen LogP contribution in [0.15, 0.2) is 66.7 Å². The maximum atomic E-state index is 13.8. The summed E-state index contributed by atoms with van der Waals surface area (Å²) in [5, 5.41) is 15.1. The van der Waals surface area contributed by atoms with Crippen molar-refractivity contribution in [3.8, 4) is 5.75 Å². The number of carboxylic acid groups (broad SMARTS) is 1. The van der Waals surface area contributed by atoms with E-state index in [2.05, 4.69) is 10.6 Å². The number of carboxylic acids is 1. The molecule has 180 valence electrons. The lowest BCUT2D eigenvalue weighted by atomic mass is 9.98. The number of anilines is 2. The third kappa shape index (κ3) is 5.85. The van der Waals surface area contributed by atoms with Crippen LogP contribution in [0.25, 0.3) is 11.3 Å². The molecule has 0 unspecified atom stereocenters. The molecule has 4 rings (SSSR count). The van der Waals surface area contributed by atoms with Gasteiger partial charge >= 0.3 is 5.97 Å². The Hall–Kier alpha value is -4.17. The minimum atomic E-state index is -0.923. The maximum Gasteiger partial charge on any atom is 0.307 e. The highest BCUT2D eigenvalue weighted by atomic mass is 19.1. The van der Waals surface area contributed by atoms with Gasteiger partial charge in [0.25, 0.3) is 5.91 Å². The minimum absolute atomic E-state index is 0.0997. The number of fused-ring (bicyclic) bond motifs is 1. The Kier molecular flexibility index (Phi) is 7.12. The fourth-order valence-corrected chi connectivity index (χ4v) is 3.76. The number of rotatable bonds is 9. The van der Waals surface area contributed by atoms with E-state index < -0.39 is 11.8 Å². The van der Waals surface area contributed by atoms with Crippen LogP contribution in [0.3, 0.4) is 0 Å². The molecule has 0 saturated carbocycles. The predicted molar refractivity (Wildman–Crippen MR) is 134 cm³/mol. The van der Waals surface area contributed by atoms with Crippen molar-refractivity contribution in [3.63, 3.8) is 0 Å². The smallest absolute Gasteiger partial charge is 0.307 e. The average Bonchev–Trinajstić information content (AvgIpc) is 3.13. The zero-order valence-corrected chi connectivity index (χ0v) is 19.5. The van der Waals surface area contributed by atoms with E-state index in [9.17, 15) is 14.0 Å². The van der Waals surface area contributed by atoms with E-state index in [0.717, 1.165) is 18.0 Å². The summed E-state index contributed by atoms with van der Waals surface area (Å²) in [5.74, 6) is -0.994. The Morgan fingerprint density at radius 1 is 1.06 bits per heavy atom. The molecular weight excluding hydrogens is 449 g/mol. The number of likely N-dealkylation sites (N-methyl/N-ethyl adjacent to an activating group) is 1. The Morgan fingerprint density at radius 2 is 1.77 bits per heavy atom. The standard InChI is InChI=1S/C27H26FN3O4/c1-31(2)13-14-35-21-10-8-20(9-11-21)29-26(18-5-3-17(4-6-18)15-24(32)33)25-22-12-7-19(28)16-23(22)30-27(25)34/h3-12,16,29H,13-15H2,1-2H3,(H,30,34)(H,32,33). The lowest BCUT2D eigenvalue weighted by Gasteiger charge is -2.16. The summed E-state index contributed by atoms with van der Waals surface area (Å²) in [7, 11) is 3.95. The number of nitrogens with one attached hydrogen (secondary N) is 2. The molecule has 1 aliphatic rings. The Balaban J connectivity index is 1.69. The molecule has 0 aromatic heterocycles. The number of amides is 1. The van der Waals surface area contributed by atoms with Crippen molar-refractivity contribution in [3.05, 3.63) is 89.2 Å². The number of ether oxygens (including phenoxy) is 1. The molecule has 35 heavy (non-hydrogen) atoms. The summed E-state index contributed by atoms with van der Waals surface area (Å²) < 4.78 is 19.5. The van der Waals surface area contributed by atoms with E-state index in [1.165, 1.54) is 12.1 Å². The number of halogens is 1. The van der Waals surface area contributed by atoms with Crippen LogP contribution in [-0.2, 0) is 16.0 Å². The van der Waals surface area contributed by atoms with E-state index >= 15 is 0 Å². The lowest BCUT2D eigenvalue weighted by Crippen LogP contribution is -2.19. The van der Waals surface area contributed by atoms with Gasteiger partial charge in [0.15, 0.2) is 0 Å². The number of benzene rings is 3. The summed E-state index contributed by atoms with van der Waals surface area (Å²) >= 11 is 0. The molecule has 0 aliphatic carbocycles. The van der Waals surface area contributed by atoms with Gasteiger partial charge in [-0.2, -0.15) is 0 Å². The lowest BCUT2D eigenvalue weighted by molar-refractivity contribution is -0.136. The van der Waals surface area contributed by atoms with Crippen LogP contribution in [0.2, 0.25) is 0 Å². The van der Waals surface area contributed by atoms with Crippen LogP contribution in [0.1, 0.15) is 16.7 Å². The molecular formula is C27H26FN3O4. The summed E-state index contributed by atoms with van der Waals surface area (Å²) in [6.45, 7) is 1.36. The molecule has 3 aromatic rings. The number of carbonyl (C=O) groups excluding carboxylic acids is 1. The van der Waals surface area contributed by atoms with E-state index in [1.807, 2.05) is 43.3 Å². The number of aliphatic carboxylic acids is 1. The minimum Gasteiger partial charge on any atom is -0.492 e. The molecule has 1 aliphatic heterocycles. The molecule has 0 radical (unpaired) electrons. The first kappa shape index (κ1) is 24.0. The van der Waals surface area contributed by atoms with E-state index in [1.54, 1.807) is 30.3 Å². The second kappa shape index (κ2) is 10.4. The van der Waals surface area contributed by atoms with Crippen molar-refractivity contribution in [2.24, 2.45) is 0 Å². The topological polar surface area (TPSA) is 90.9 Å². The van der Waals surface area contributed by atoms with Gasteiger partial charge < -0.3 is 25.4 Å². The normalized spacial score (nSPS) is 13.9. The van der Waals surface area contributed by atoms with E-state index in [-0.39, 0.29) is 12.3 Å². The number of hydrogen-bond acceptors (Lipinski definition) is 5. The fraction of sp³-hybridized carbons (Fsp3) is 0.185. The largest absolute Gasteiger partial charge is 0.492 e. The van der Waals surface area contributed by atoms with Gasteiger partial charge in [-0.3, -0.25) is 9.59 Å². The van der Waals surface area contributed by atoms with Crippen molar-refractivity contribution in [2.75, 3.05) is 37.9 Å². The van der Waals surface area contributed by atoms with Gasteiger partial charge in [-0.15, -0.1) is 0 Å². The maximum absolute atomic E-state index is 13.8. The molecule has 0 bridgehead atoms. The third-order valence-electron chi connectivity index (χ3n) is 5.51. The van der Waals surface area contributed by atoms with Crippen molar-refractivity contribution >= 4 is 34.5 Å². The second-order valence-electron chi connectivity index (χ2n) is 8.46. The van der Waals surface area contributed by atoms with Crippen LogP contribution in [0, 0.1) is 5.82 Å². The zero-order chi connectivity index (χ0) is 24.9. The molecule has 3 N–H and O–H groups in total. The van der Waals surface area contributed by atoms with Crippen molar-refractivity contribution in [1.29, 1.82) is 0 Å². The summed E-state index contributed by atoms with van der Waals surface area (Å²) in [5.41, 5.74) is 3.93. The highest BCUT2D eigenvalue weighted by Gasteiger charge is 2.28. The van der Waals surface area contributed by atoms with Gasteiger partial charge in [-0.25, -0.2) is 4.39 Å². The molecule has 0 atom stereocenters. The van der Waals surface area contributed by atoms with E-state index in [0.29, 0.717) is 40.3 Å². The van der Waals surface area contributed by atoms with E-state index in [4.69, 9.17) is 9.84 Å². The fourth-order valence-electron chi connectivity index (χ4n) is 3.76. The summed E-state index contributed by atoms with van der Waals surface area (Å²) in [4.78, 5) is 26.0. The van der Waals surface area contributed by atoms with Gasteiger partial charge in [0.05, 0.1) is 23.4 Å². The van der Waals surface area contributed by atoms with Gasteiger partial charge in [-0.1, -0.05) is 24.3 Å². The summed E-state index contributed by atoms with van der Waals surface area (Å²) in [6, 6.07) is 18.5. The van der Waals surface area contributed by atoms with Gasteiger partial charge in [0, 0.05) is 17.8 Å². The first-order valence-corrected chi connectivity index (χ1v) is 11.1.